The molecule has 2 atom stereocenters. The van der Waals surface area contributed by atoms with Gasteiger partial charge in [-0.05, 0) is 32.2 Å². The van der Waals surface area contributed by atoms with Crippen LogP contribution in [0.15, 0.2) is 0 Å². The molecule has 0 bridgehead atoms. The van der Waals surface area contributed by atoms with Crippen LogP contribution < -0.4 is 0 Å². The maximum Gasteiger partial charge on any atom is 0.305 e. The molecule has 19 heavy (non-hydrogen) atoms. The Labute approximate surface area is 114 Å². The molecule has 0 saturated carbocycles. The van der Waals surface area contributed by atoms with Gasteiger partial charge in [-0.2, -0.15) is 0 Å². The zero-order valence-corrected chi connectivity index (χ0v) is 11.5. The summed E-state index contributed by atoms with van der Waals surface area (Å²) in [5, 5.41) is 9.33. The van der Waals surface area contributed by atoms with Crippen molar-refractivity contribution in [3.8, 4) is 0 Å². The minimum Gasteiger partial charge on any atom is -0.481 e. The first kappa shape index (κ1) is 13.3. The summed E-state index contributed by atoms with van der Waals surface area (Å²) < 4.78 is 5.43. The normalized spacial score (nSPS) is 37.2. The molecule has 0 radical (unpaired) electrons. The van der Waals surface area contributed by atoms with E-state index >= 15 is 0 Å². The summed E-state index contributed by atoms with van der Waals surface area (Å²) in [7, 11) is 0. The van der Waals surface area contributed by atoms with Gasteiger partial charge in [-0.25, -0.2) is 0 Å². The second-order valence-corrected chi connectivity index (χ2v) is 6.18. The van der Waals surface area contributed by atoms with E-state index in [-0.39, 0.29) is 12.0 Å². The molecule has 5 heteroatoms. The number of rotatable bonds is 3. The molecule has 0 aromatic rings. The Bertz CT molecular complexity index is 344. The number of hydrogen-bond acceptors (Lipinski definition) is 4. The van der Waals surface area contributed by atoms with Crippen LogP contribution in [0.5, 0.6) is 0 Å². The molecule has 3 aliphatic rings. The maximum atomic E-state index is 11.3. The smallest absolute Gasteiger partial charge is 0.305 e. The zero-order chi connectivity index (χ0) is 13.3. The van der Waals surface area contributed by atoms with Gasteiger partial charge in [0.25, 0.3) is 0 Å². The number of nitrogens with zero attached hydrogens (tertiary/aromatic N) is 2. The van der Waals surface area contributed by atoms with E-state index in [2.05, 4.69) is 9.80 Å². The molecular formula is C14H24N2O3. The van der Waals surface area contributed by atoms with E-state index in [1.165, 1.54) is 19.4 Å². The van der Waals surface area contributed by atoms with Crippen molar-refractivity contribution in [3.05, 3.63) is 0 Å². The van der Waals surface area contributed by atoms with Crippen molar-refractivity contribution in [1.29, 1.82) is 0 Å². The minimum atomic E-state index is -0.655. The molecule has 5 nitrogen and oxygen atoms in total. The fraction of sp³-hybridized carbons (Fsp3) is 0.929. The van der Waals surface area contributed by atoms with Crippen LogP contribution in [0.3, 0.4) is 0 Å². The minimum absolute atomic E-state index is 0.124. The Morgan fingerprint density at radius 2 is 2.05 bits per heavy atom. The van der Waals surface area contributed by atoms with E-state index in [1.807, 2.05) is 0 Å². The van der Waals surface area contributed by atoms with Crippen LogP contribution in [0, 0.1) is 0 Å². The molecule has 3 saturated heterocycles. The fourth-order valence-corrected chi connectivity index (χ4v) is 4.19. The predicted octanol–water partition coefficient (Wildman–Crippen LogP) is 0.790. The Hall–Kier alpha value is -0.650. The molecule has 108 valence electrons. The second kappa shape index (κ2) is 5.38. The summed E-state index contributed by atoms with van der Waals surface area (Å²) >= 11 is 0. The third kappa shape index (κ3) is 2.64. The monoisotopic (exact) mass is 268 g/mol. The van der Waals surface area contributed by atoms with Crippen LogP contribution in [-0.4, -0.2) is 71.8 Å². The van der Waals surface area contributed by atoms with E-state index < -0.39 is 5.97 Å². The third-order valence-electron chi connectivity index (χ3n) is 5.14. The first-order valence-electron chi connectivity index (χ1n) is 7.48. The highest BCUT2D eigenvalue weighted by molar-refractivity contribution is 5.68. The van der Waals surface area contributed by atoms with Gasteiger partial charge in [0.15, 0.2) is 0 Å². The Balaban J connectivity index is 1.77. The van der Waals surface area contributed by atoms with Gasteiger partial charge < -0.3 is 14.7 Å². The lowest BCUT2D eigenvalue weighted by atomic mass is 9.79. The Morgan fingerprint density at radius 1 is 1.26 bits per heavy atom. The molecule has 0 amide bonds. The van der Waals surface area contributed by atoms with E-state index in [1.54, 1.807) is 0 Å². The molecule has 3 fully saturated rings. The highest BCUT2D eigenvalue weighted by atomic mass is 16.5. The average Bonchev–Trinajstić information content (AvgIpc) is 2.86. The molecule has 3 aliphatic heterocycles. The van der Waals surface area contributed by atoms with Crippen molar-refractivity contribution in [2.75, 3.05) is 39.4 Å². The maximum absolute atomic E-state index is 11.3. The van der Waals surface area contributed by atoms with Crippen LogP contribution in [0.1, 0.15) is 32.1 Å². The van der Waals surface area contributed by atoms with Gasteiger partial charge in [-0.1, -0.05) is 0 Å². The van der Waals surface area contributed by atoms with Crippen LogP contribution >= 0.6 is 0 Å². The molecule has 0 aromatic carbocycles. The summed E-state index contributed by atoms with van der Waals surface area (Å²) in [4.78, 5) is 16.3. The number of piperidine rings is 1. The third-order valence-corrected chi connectivity index (χ3v) is 5.14. The van der Waals surface area contributed by atoms with Crippen molar-refractivity contribution < 1.29 is 14.6 Å². The largest absolute Gasteiger partial charge is 0.481 e. The van der Waals surface area contributed by atoms with Gasteiger partial charge in [0, 0.05) is 31.2 Å². The topological polar surface area (TPSA) is 53.0 Å². The van der Waals surface area contributed by atoms with Crippen LogP contribution in [0.2, 0.25) is 0 Å². The number of ether oxygens (including phenoxy) is 1. The summed E-state index contributed by atoms with van der Waals surface area (Å²) in [5.74, 6) is -0.655. The number of carbonyl (C=O) groups is 1. The van der Waals surface area contributed by atoms with E-state index in [0.29, 0.717) is 6.04 Å². The summed E-state index contributed by atoms with van der Waals surface area (Å²) in [5.41, 5.74) is -0.124. The summed E-state index contributed by atoms with van der Waals surface area (Å²) in [6.45, 7) is 5.54. The fourth-order valence-electron chi connectivity index (χ4n) is 4.19. The lowest BCUT2D eigenvalue weighted by Gasteiger charge is -2.51. The molecule has 3 heterocycles. The molecule has 3 rings (SSSR count). The molecule has 0 aromatic heterocycles. The molecular weight excluding hydrogens is 244 g/mol. The van der Waals surface area contributed by atoms with Crippen LogP contribution in [-0.2, 0) is 9.53 Å². The number of hydrogen-bond donors (Lipinski definition) is 1. The van der Waals surface area contributed by atoms with Crippen LogP contribution in [0.25, 0.3) is 0 Å². The van der Waals surface area contributed by atoms with Gasteiger partial charge in [0.05, 0.1) is 19.6 Å². The average molecular weight is 268 g/mol. The lowest BCUT2D eigenvalue weighted by molar-refractivity contribution is -0.144. The molecule has 1 N–H and O–H groups in total. The van der Waals surface area contributed by atoms with Gasteiger partial charge in [-0.3, -0.25) is 9.69 Å². The standard InChI is InChI=1S/C14H24N2O3/c17-13(18)11-14(16-6-8-19-9-7-16)3-5-15-4-1-2-12(15)10-14/h12H,1-11H2,(H,17,18). The molecule has 0 spiro atoms. The van der Waals surface area contributed by atoms with Gasteiger partial charge >= 0.3 is 5.97 Å². The Morgan fingerprint density at radius 3 is 2.79 bits per heavy atom. The quantitative estimate of drug-likeness (QED) is 0.820. The van der Waals surface area contributed by atoms with Crippen molar-refractivity contribution in [2.45, 2.75) is 43.7 Å². The van der Waals surface area contributed by atoms with Crippen molar-refractivity contribution in [3.63, 3.8) is 0 Å². The van der Waals surface area contributed by atoms with Gasteiger partial charge in [0.1, 0.15) is 0 Å². The van der Waals surface area contributed by atoms with E-state index in [0.717, 1.165) is 45.7 Å². The van der Waals surface area contributed by atoms with Crippen molar-refractivity contribution in [1.82, 2.24) is 9.80 Å². The number of morpholine rings is 1. The van der Waals surface area contributed by atoms with Crippen molar-refractivity contribution in [2.24, 2.45) is 0 Å². The summed E-state index contributed by atoms with van der Waals surface area (Å²) in [6, 6.07) is 0.607. The van der Waals surface area contributed by atoms with Gasteiger partial charge in [0.2, 0.25) is 0 Å². The molecule has 0 aliphatic carbocycles. The first-order chi connectivity index (χ1) is 9.20. The lowest BCUT2D eigenvalue weighted by Crippen LogP contribution is -2.60. The van der Waals surface area contributed by atoms with E-state index in [4.69, 9.17) is 4.74 Å². The highest BCUT2D eigenvalue weighted by Gasteiger charge is 2.46. The van der Waals surface area contributed by atoms with Crippen molar-refractivity contribution >= 4 is 5.97 Å². The van der Waals surface area contributed by atoms with Gasteiger partial charge in [-0.15, -0.1) is 0 Å². The number of aliphatic carboxylic acids is 1. The number of carboxylic acids is 1. The highest BCUT2D eigenvalue weighted by Crippen LogP contribution is 2.39. The van der Waals surface area contributed by atoms with E-state index in [9.17, 15) is 9.90 Å². The number of carboxylic acid groups (broad SMARTS) is 1. The molecule has 2 unspecified atom stereocenters. The van der Waals surface area contributed by atoms with Crippen LogP contribution in [0.4, 0.5) is 0 Å². The second-order valence-electron chi connectivity index (χ2n) is 6.18. The SMILES string of the molecule is O=C(O)CC1(N2CCOCC2)CCN2CCCC2C1. The Kier molecular flexibility index (Phi) is 3.78. The summed E-state index contributed by atoms with van der Waals surface area (Å²) in [6.07, 6.45) is 4.83. The number of fused-ring (bicyclic) bond motifs is 1. The first-order valence-corrected chi connectivity index (χ1v) is 7.48. The predicted molar refractivity (Wildman–Crippen MR) is 71.2 cm³/mol. The zero-order valence-electron chi connectivity index (χ0n) is 11.5.